The number of carbonyl (C=O) groups excluding carboxylic acids is 1. The zero-order chi connectivity index (χ0) is 15.4. The molecule has 3 nitrogen and oxygen atoms in total. The largest absolute Gasteiger partial charge is 0.495 e. The van der Waals surface area contributed by atoms with Crippen molar-refractivity contribution >= 4 is 17.4 Å². The lowest BCUT2D eigenvalue weighted by Gasteiger charge is -2.10. The molecule has 110 valence electrons. The predicted octanol–water partition coefficient (Wildman–Crippen LogP) is 4.23. The number of rotatable bonds is 5. The van der Waals surface area contributed by atoms with Gasteiger partial charge in [-0.3, -0.25) is 4.79 Å². The first-order valence-corrected chi connectivity index (χ1v) is 6.96. The molecule has 2 aromatic rings. The maximum atomic E-state index is 12.1. The predicted molar refractivity (Wildman–Crippen MR) is 83.7 cm³/mol. The molecular formula is C17H17ClO3. The molecule has 0 unspecified atom stereocenters. The third kappa shape index (κ3) is 3.56. The molecular weight excluding hydrogens is 288 g/mol. The van der Waals surface area contributed by atoms with Crippen molar-refractivity contribution in [2.75, 3.05) is 13.7 Å². The van der Waals surface area contributed by atoms with Crippen molar-refractivity contribution in [2.24, 2.45) is 0 Å². The van der Waals surface area contributed by atoms with Crippen molar-refractivity contribution in [3.63, 3.8) is 0 Å². The topological polar surface area (TPSA) is 35.5 Å². The highest BCUT2D eigenvalue weighted by atomic mass is 35.5. The Bertz CT molecular complexity index is 665. The van der Waals surface area contributed by atoms with E-state index in [0.29, 0.717) is 16.3 Å². The number of hydrogen-bond acceptors (Lipinski definition) is 3. The van der Waals surface area contributed by atoms with Crippen molar-refractivity contribution in [1.29, 1.82) is 0 Å². The minimum absolute atomic E-state index is 0.0209. The normalized spacial score (nSPS) is 10.3. The van der Waals surface area contributed by atoms with Gasteiger partial charge in [0.25, 0.3) is 0 Å². The van der Waals surface area contributed by atoms with Crippen LogP contribution in [-0.2, 0) is 0 Å². The van der Waals surface area contributed by atoms with Crippen LogP contribution in [0.5, 0.6) is 11.5 Å². The molecule has 0 fully saturated rings. The molecule has 0 saturated heterocycles. The molecule has 0 aliphatic carbocycles. The van der Waals surface area contributed by atoms with E-state index in [0.717, 1.165) is 16.9 Å². The number of hydrogen-bond donors (Lipinski definition) is 0. The van der Waals surface area contributed by atoms with Crippen molar-refractivity contribution in [3.05, 3.63) is 58.1 Å². The fourth-order valence-electron chi connectivity index (χ4n) is 1.95. The van der Waals surface area contributed by atoms with Gasteiger partial charge in [0.05, 0.1) is 12.1 Å². The van der Waals surface area contributed by atoms with E-state index < -0.39 is 0 Å². The summed E-state index contributed by atoms with van der Waals surface area (Å²) in [6, 6.07) is 10.7. The number of benzene rings is 2. The van der Waals surface area contributed by atoms with E-state index in [4.69, 9.17) is 21.1 Å². The van der Waals surface area contributed by atoms with Crippen LogP contribution in [-0.4, -0.2) is 19.5 Å². The summed E-state index contributed by atoms with van der Waals surface area (Å²) < 4.78 is 10.7. The van der Waals surface area contributed by atoms with E-state index in [1.807, 2.05) is 32.0 Å². The summed E-state index contributed by atoms with van der Waals surface area (Å²) in [5.74, 6) is 1.15. The summed E-state index contributed by atoms with van der Waals surface area (Å²) in [6.45, 7) is 3.96. The minimum Gasteiger partial charge on any atom is -0.495 e. The van der Waals surface area contributed by atoms with Gasteiger partial charge in [-0.1, -0.05) is 23.7 Å². The highest BCUT2D eigenvalue weighted by Gasteiger charge is 2.11. The van der Waals surface area contributed by atoms with Crippen LogP contribution in [0, 0.1) is 13.8 Å². The zero-order valence-electron chi connectivity index (χ0n) is 12.3. The second-order valence-electron chi connectivity index (χ2n) is 4.76. The summed E-state index contributed by atoms with van der Waals surface area (Å²) >= 11 is 6.02. The average molecular weight is 305 g/mol. The van der Waals surface area contributed by atoms with Gasteiger partial charge in [-0.25, -0.2) is 0 Å². The Labute approximate surface area is 129 Å². The van der Waals surface area contributed by atoms with E-state index in [1.165, 1.54) is 7.11 Å². The molecule has 21 heavy (non-hydrogen) atoms. The Morgan fingerprint density at radius 2 is 1.90 bits per heavy atom. The molecule has 0 amide bonds. The lowest BCUT2D eigenvalue weighted by atomic mass is 10.1. The molecule has 2 rings (SSSR count). The van der Waals surface area contributed by atoms with Crippen molar-refractivity contribution in [1.82, 2.24) is 0 Å². The van der Waals surface area contributed by atoms with Crippen LogP contribution in [0.15, 0.2) is 36.4 Å². The molecule has 0 aromatic heterocycles. The molecule has 0 radical (unpaired) electrons. The Morgan fingerprint density at radius 1 is 1.14 bits per heavy atom. The van der Waals surface area contributed by atoms with Crippen LogP contribution in [0.25, 0.3) is 0 Å². The van der Waals surface area contributed by atoms with Gasteiger partial charge in [0.2, 0.25) is 0 Å². The van der Waals surface area contributed by atoms with Crippen LogP contribution in [0.1, 0.15) is 21.5 Å². The standard InChI is InChI=1S/C17H17ClO3/c1-11-5-4-6-16(12(11)2)21-10-15(19)13-7-8-17(20-3)14(18)9-13/h4-9H,10H2,1-3H3. The lowest BCUT2D eigenvalue weighted by molar-refractivity contribution is 0.0921. The van der Waals surface area contributed by atoms with E-state index >= 15 is 0 Å². The van der Waals surface area contributed by atoms with E-state index in [-0.39, 0.29) is 12.4 Å². The SMILES string of the molecule is COc1ccc(C(=O)COc2cccc(C)c2C)cc1Cl. The summed E-state index contributed by atoms with van der Waals surface area (Å²) in [6.07, 6.45) is 0. The van der Waals surface area contributed by atoms with Gasteiger partial charge in [-0.15, -0.1) is 0 Å². The second-order valence-corrected chi connectivity index (χ2v) is 5.17. The van der Waals surface area contributed by atoms with Crippen molar-refractivity contribution in [3.8, 4) is 11.5 Å². The minimum atomic E-state index is -0.125. The Balaban J connectivity index is 2.08. The number of halogens is 1. The van der Waals surface area contributed by atoms with Crippen molar-refractivity contribution < 1.29 is 14.3 Å². The third-order valence-corrected chi connectivity index (χ3v) is 3.68. The highest BCUT2D eigenvalue weighted by molar-refractivity contribution is 6.32. The Hall–Kier alpha value is -2.00. The quantitative estimate of drug-likeness (QED) is 0.776. The number of methoxy groups -OCH3 is 1. The van der Waals surface area contributed by atoms with Gasteiger partial charge in [0.15, 0.2) is 12.4 Å². The van der Waals surface area contributed by atoms with Crippen LogP contribution >= 0.6 is 11.6 Å². The van der Waals surface area contributed by atoms with Gasteiger partial charge >= 0.3 is 0 Å². The first-order valence-electron chi connectivity index (χ1n) is 6.58. The molecule has 0 spiro atoms. The van der Waals surface area contributed by atoms with Gasteiger partial charge in [-0.2, -0.15) is 0 Å². The Morgan fingerprint density at radius 3 is 2.57 bits per heavy atom. The molecule has 0 bridgehead atoms. The maximum absolute atomic E-state index is 12.1. The van der Waals surface area contributed by atoms with Crippen molar-refractivity contribution in [2.45, 2.75) is 13.8 Å². The van der Waals surface area contributed by atoms with E-state index in [9.17, 15) is 4.79 Å². The molecule has 0 N–H and O–H groups in total. The van der Waals surface area contributed by atoms with Gasteiger partial charge < -0.3 is 9.47 Å². The number of ether oxygens (including phenoxy) is 2. The van der Waals surface area contributed by atoms with Gasteiger partial charge in [0, 0.05) is 5.56 Å². The van der Waals surface area contributed by atoms with E-state index in [2.05, 4.69) is 0 Å². The highest BCUT2D eigenvalue weighted by Crippen LogP contribution is 2.25. The number of carbonyl (C=O) groups is 1. The summed E-state index contributed by atoms with van der Waals surface area (Å²) in [7, 11) is 1.53. The zero-order valence-corrected chi connectivity index (χ0v) is 13.0. The second kappa shape index (κ2) is 6.64. The average Bonchev–Trinajstić information content (AvgIpc) is 2.48. The van der Waals surface area contributed by atoms with Crippen LogP contribution in [0.4, 0.5) is 0 Å². The molecule has 0 aliphatic rings. The molecule has 2 aromatic carbocycles. The number of aryl methyl sites for hydroxylation is 1. The Kier molecular flexibility index (Phi) is 4.86. The van der Waals surface area contributed by atoms with Crippen LogP contribution in [0.2, 0.25) is 5.02 Å². The monoisotopic (exact) mass is 304 g/mol. The number of ketones is 1. The molecule has 4 heteroatoms. The van der Waals surface area contributed by atoms with Gasteiger partial charge in [0.1, 0.15) is 11.5 Å². The summed E-state index contributed by atoms with van der Waals surface area (Å²) in [5, 5.41) is 0.412. The molecule has 0 aliphatic heterocycles. The smallest absolute Gasteiger partial charge is 0.200 e. The summed E-state index contributed by atoms with van der Waals surface area (Å²) in [4.78, 5) is 12.1. The molecule has 0 saturated carbocycles. The fourth-order valence-corrected chi connectivity index (χ4v) is 2.20. The van der Waals surface area contributed by atoms with E-state index in [1.54, 1.807) is 18.2 Å². The lowest BCUT2D eigenvalue weighted by Crippen LogP contribution is -2.12. The first kappa shape index (κ1) is 15.4. The fraction of sp³-hybridized carbons (Fsp3) is 0.235. The van der Waals surface area contributed by atoms with Gasteiger partial charge in [-0.05, 0) is 49.2 Å². The third-order valence-electron chi connectivity index (χ3n) is 3.39. The summed E-state index contributed by atoms with van der Waals surface area (Å²) in [5.41, 5.74) is 2.68. The first-order chi connectivity index (χ1) is 10.0. The number of Topliss-reactive ketones (excluding diaryl/α,β-unsaturated/α-hetero) is 1. The molecule has 0 atom stereocenters. The maximum Gasteiger partial charge on any atom is 0.200 e. The van der Waals surface area contributed by atoms with Crippen LogP contribution in [0.3, 0.4) is 0 Å². The molecule has 0 heterocycles. The van der Waals surface area contributed by atoms with Crippen LogP contribution < -0.4 is 9.47 Å².